The van der Waals surface area contributed by atoms with Gasteiger partial charge in [-0.3, -0.25) is 4.79 Å². The van der Waals surface area contributed by atoms with Crippen LogP contribution in [0.1, 0.15) is 19.4 Å². The van der Waals surface area contributed by atoms with E-state index in [1.165, 1.54) is 0 Å². The summed E-state index contributed by atoms with van der Waals surface area (Å²) in [5.74, 6) is 1.24. The first-order valence-electron chi connectivity index (χ1n) is 6.57. The minimum absolute atomic E-state index is 0.00807. The number of hydrogen-bond donors (Lipinski definition) is 2. The van der Waals surface area contributed by atoms with E-state index >= 15 is 0 Å². The van der Waals surface area contributed by atoms with Crippen LogP contribution in [0.2, 0.25) is 0 Å². The molecule has 2 rings (SSSR count). The van der Waals surface area contributed by atoms with E-state index in [-0.39, 0.29) is 31.3 Å². The molecule has 4 N–H and O–H groups in total. The molecule has 1 aliphatic heterocycles. The van der Waals surface area contributed by atoms with Crippen LogP contribution in [0.3, 0.4) is 0 Å². The third-order valence-corrected chi connectivity index (χ3v) is 3.07. The number of primary amides is 1. The van der Waals surface area contributed by atoms with Gasteiger partial charge < -0.3 is 25.7 Å². The van der Waals surface area contributed by atoms with Crippen molar-refractivity contribution < 1.29 is 19.0 Å². The molecule has 0 saturated heterocycles. The van der Waals surface area contributed by atoms with Gasteiger partial charge in [0, 0.05) is 12.1 Å². The quantitative estimate of drug-likeness (QED) is 0.803. The number of fused-ring (bicyclic) bond motifs is 1. The predicted octanol–water partition coefficient (Wildman–Crippen LogP) is 0.805. The molecular formula is C14H20N2O4. The Morgan fingerprint density at radius 3 is 2.60 bits per heavy atom. The van der Waals surface area contributed by atoms with Gasteiger partial charge in [-0.25, -0.2) is 0 Å². The largest absolute Gasteiger partial charge is 0.492 e. The lowest BCUT2D eigenvalue weighted by Gasteiger charge is -2.15. The number of carbonyl (C=O) groups is 1. The van der Waals surface area contributed by atoms with Crippen LogP contribution in [0, 0.1) is 5.92 Å². The summed E-state index contributed by atoms with van der Waals surface area (Å²) in [6.07, 6.45) is 0.650. The highest BCUT2D eigenvalue weighted by Gasteiger charge is 2.19. The molecule has 0 bridgehead atoms. The van der Waals surface area contributed by atoms with Gasteiger partial charge in [0.05, 0.1) is 12.5 Å². The molecule has 1 amide bonds. The van der Waals surface area contributed by atoms with Gasteiger partial charge in [-0.1, -0.05) is 6.92 Å². The van der Waals surface area contributed by atoms with E-state index in [2.05, 4.69) is 0 Å². The molecule has 0 saturated carbocycles. The number of benzene rings is 1. The van der Waals surface area contributed by atoms with E-state index < -0.39 is 0 Å². The summed E-state index contributed by atoms with van der Waals surface area (Å²) in [7, 11) is 0. The molecule has 1 aromatic carbocycles. The van der Waals surface area contributed by atoms with E-state index in [0.717, 1.165) is 5.56 Å². The zero-order chi connectivity index (χ0) is 14.7. The molecular weight excluding hydrogens is 260 g/mol. The molecule has 0 aliphatic carbocycles. The van der Waals surface area contributed by atoms with E-state index in [9.17, 15) is 4.79 Å². The Balaban J connectivity index is 2.18. The Hall–Kier alpha value is -1.95. The van der Waals surface area contributed by atoms with Crippen LogP contribution >= 0.6 is 0 Å². The minimum atomic E-state index is -0.389. The van der Waals surface area contributed by atoms with Crippen LogP contribution < -0.4 is 25.7 Å². The summed E-state index contributed by atoms with van der Waals surface area (Å²) in [5.41, 5.74) is 12.0. The maximum atomic E-state index is 11.0. The van der Waals surface area contributed by atoms with E-state index in [1.54, 1.807) is 13.0 Å². The molecule has 1 aliphatic rings. The Morgan fingerprint density at radius 1 is 1.35 bits per heavy atom. The zero-order valence-corrected chi connectivity index (χ0v) is 11.7. The number of nitrogens with two attached hydrogens (primary N) is 2. The number of ether oxygens (including phenoxy) is 3. The molecule has 2 atom stereocenters. The van der Waals surface area contributed by atoms with E-state index in [4.69, 9.17) is 25.7 Å². The second-order valence-corrected chi connectivity index (χ2v) is 5.11. The molecule has 0 spiro atoms. The maximum Gasteiger partial charge on any atom is 0.231 e. The van der Waals surface area contributed by atoms with Gasteiger partial charge >= 0.3 is 0 Å². The third kappa shape index (κ3) is 3.33. The lowest BCUT2D eigenvalue weighted by molar-refractivity contribution is -0.122. The summed E-state index contributed by atoms with van der Waals surface area (Å²) < 4.78 is 16.4. The maximum absolute atomic E-state index is 11.0. The molecule has 20 heavy (non-hydrogen) atoms. The average molecular weight is 280 g/mol. The second kappa shape index (κ2) is 6.00. The van der Waals surface area contributed by atoms with Crippen molar-refractivity contribution in [1.82, 2.24) is 0 Å². The summed E-state index contributed by atoms with van der Waals surface area (Å²) in [4.78, 5) is 11.0. The fourth-order valence-electron chi connectivity index (χ4n) is 1.90. The lowest BCUT2D eigenvalue weighted by Crippen LogP contribution is -2.26. The van der Waals surface area contributed by atoms with Crippen molar-refractivity contribution in [2.45, 2.75) is 26.3 Å². The van der Waals surface area contributed by atoms with Crippen LogP contribution in [-0.2, 0) is 11.2 Å². The molecule has 2 unspecified atom stereocenters. The van der Waals surface area contributed by atoms with Crippen LogP contribution in [0.15, 0.2) is 12.1 Å². The van der Waals surface area contributed by atoms with Crippen molar-refractivity contribution in [3.63, 3.8) is 0 Å². The average Bonchev–Trinajstić information content (AvgIpc) is 2.81. The number of carbonyl (C=O) groups excluding carboxylic acids is 1. The molecule has 6 heteroatoms. The van der Waals surface area contributed by atoms with Gasteiger partial charge in [0.15, 0.2) is 11.5 Å². The fraction of sp³-hybridized carbons (Fsp3) is 0.500. The van der Waals surface area contributed by atoms with Gasteiger partial charge in [0.25, 0.3) is 0 Å². The molecule has 6 nitrogen and oxygen atoms in total. The standard InChI is InChI=1S/C14H20N2O4/c1-8(14(16)17)6-18-11-5-13-12(19-7-20-13)4-10(11)3-9(2)15/h4-5,8-9H,3,6-7,15H2,1-2H3,(H2,16,17). The summed E-state index contributed by atoms with van der Waals surface area (Å²) in [6, 6.07) is 3.63. The predicted molar refractivity (Wildman–Crippen MR) is 73.8 cm³/mol. The number of rotatable bonds is 6. The first-order chi connectivity index (χ1) is 9.47. The first-order valence-corrected chi connectivity index (χ1v) is 6.57. The van der Waals surface area contributed by atoms with Gasteiger partial charge in [-0.2, -0.15) is 0 Å². The van der Waals surface area contributed by atoms with Crippen molar-refractivity contribution in [2.75, 3.05) is 13.4 Å². The lowest BCUT2D eigenvalue weighted by atomic mass is 10.1. The van der Waals surface area contributed by atoms with Crippen LogP contribution in [0.4, 0.5) is 0 Å². The van der Waals surface area contributed by atoms with E-state index in [1.807, 2.05) is 13.0 Å². The monoisotopic (exact) mass is 280 g/mol. The van der Waals surface area contributed by atoms with Crippen molar-refractivity contribution in [1.29, 1.82) is 0 Å². The Kier molecular flexibility index (Phi) is 4.34. The van der Waals surface area contributed by atoms with Gasteiger partial charge in [-0.15, -0.1) is 0 Å². The highest BCUT2D eigenvalue weighted by atomic mass is 16.7. The summed E-state index contributed by atoms with van der Waals surface area (Å²) in [6.45, 7) is 4.07. The molecule has 0 fully saturated rings. The number of amides is 1. The summed E-state index contributed by atoms with van der Waals surface area (Å²) in [5, 5.41) is 0. The third-order valence-electron chi connectivity index (χ3n) is 3.07. The number of hydrogen-bond acceptors (Lipinski definition) is 5. The van der Waals surface area contributed by atoms with Crippen LogP contribution in [-0.4, -0.2) is 25.3 Å². The van der Waals surface area contributed by atoms with Gasteiger partial charge in [0.1, 0.15) is 5.75 Å². The molecule has 1 aromatic rings. The van der Waals surface area contributed by atoms with Gasteiger partial charge in [-0.05, 0) is 25.0 Å². The highest BCUT2D eigenvalue weighted by molar-refractivity contribution is 5.76. The fourth-order valence-corrected chi connectivity index (χ4v) is 1.90. The van der Waals surface area contributed by atoms with Crippen molar-refractivity contribution in [3.05, 3.63) is 17.7 Å². The van der Waals surface area contributed by atoms with Crippen molar-refractivity contribution >= 4 is 5.91 Å². The van der Waals surface area contributed by atoms with Gasteiger partial charge in [0.2, 0.25) is 12.7 Å². The smallest absolute Gasteiger partial charge is 0.231 e. The van der Waals surface area contributed by atoms with Crippen molar-refractivity contribution in [3.8, 4) is 17.2 Å². The van der Waals surface area contributed by atoms with Crippen LogP contribution in [0.25, 0.3) is 0 Å². The molecule has 0 aromatic heterocycles. The van der Waals surface area contributed by atoms with Crippen molar-refractivity contribution in [2.24, 2.45) is 17.4 Å². The molecule has 110 valence electrons. The second-order valence-electron chi connectivity index (χ2n) is 5.11. The van der Waals surface area contributed by atoms with Crippen LogP contribution in [0.5, 0.6) is 17.2 Å². The Labute approximate surface area is 118 Å². The molecule has 1 heterocycles. The Morgan fingerprint density at radius 2 is 2.00 bits per heavy atom. The first kappa shape index (κ1) is 14.5. The zero-order valence-electron chi connectivity index (χ0n) is 11.7. The molecule has 0 radical (unpaired) electrons. The van der Waals surface area contributed by atoms with E-state index in [0.29, 0.717) is 23.7 Å². The highest BCUT2D eigenvalue weighted by Crippen LogP contribution is 2.38. The minimum Gasteiger partial charge on any atom is -0.492 e. The summed E-state index contributed by atoms with van der Waals surface area (Å²) >= 11 is 0. The normalized spacial score (nSPS) is 15.8. The topological polar surface area (TPSA) is 96.8 Å². The SMILES string of the molecule is CC(N)Cc1cc2c(cc1OCC(C)C(N)=O)OCO2. The Bertz CT molecular complexity index is 502.